The number of carbonyl (C=O) groups is 2. The molecule has 0 aliphatic carbocycles. The molecule has 118 valence electrons. The molecule has 2 amide bonds. The first kappa shape index (κ1) is 17.0. The van der Waals surface area contributed by atoms with Crippen molar-refractivity contribution in [3.8, 4) is 0 Å². The summed E-state index contributed by atoms with van der Waals surface area (Å²) in [5.41, 5.74) is 3.08. The van der Waals surface area contributed by atoms with Gasteiger partial charge < -0.3 is 5.32 Å². The topological polar surface area (TPSA) is 49.4 Å². The summed E-state index contributed by atoms with van der Waals surface area (Å²) in [6.45, 7) is 6.37. The van der Waals surface area contributed by atoms with E-state index in [0.717, 1.165) is 16.8 Å². The monoisotopic (exact) mass is 336 g/mol. The number of aryl methyl sites for hydroxylation is 1. The molecule has 1 unspecified atom stereocenters. The van der Waals surface area contributed by atoms with Gasteiger partial charge in [-0.25, -0.2) is 0 Å². The lowest BCUT2D eigenvalue weighted by atomic mass is 10.1. The van der Waals surface area contributed by atoms with Crippen LogP contribution in [-0.4, -0.2) is 32.8 Å². The Morgan fingerprint density at radius 3 is 2.77 bits per heavy atom. The Kier molecular flexibility index (Phi) is 5.58. The van der Waals surface area contributed by atoms with E-state index in [4.69, 9.17) is 12.2 Å². The van der Waals surface area contributed by atoms with Crippen LogP contribution < -0.4 is 5.32 Å². The molecule has 0 radical (unpaired) electrons. The summed E-state index contributed by atoms with van der Waals surface area (Å²) in [6, 6.07) is 5.85. The van der Waals surface area contributed by atoms with Crippen LogP contribution in [-0.2, 0) is 9.59 Å². The number of thioether (sulfide) groups is 1. The Bertz CT molecular complexity index is 616. The van der Waals surface area contributed by atoms with Crippen molar-refractivity contribution in [1.29, 1.82) is 0 Å². The van der Waals surface area contributed by atoms with Crippen LogP contribution in [0.25, 0.3) is 0 Å². The SMILES string of the molecule is Cc1cccc(NC(=O)CCCN2C(=O)C(C)SC2=S)c1C. The number of nitrogens with one attached hydrogen (secondary N) is 1. The van der Waals surface area contributed by atoms with E-state index in [9.17, 15) is 9.59 Å². The third kappa shape index (κ3) is 3.87. The Morgan fingerprint density at radius 2 is 2.14 bits per heavy atom. The molecule has 4 nitrogen and oxygen atoms in total. The molecule has 1 aliphatic rings. The van der Waals surface area contributed by atoms with Crippen LogP contribution in [0.3, 0.4) is 0 Å². The number of benzene rings is 1. The van der Waals surface area contributed by atoms with Gasteiger partial charge in [0, 0.05) is 18.7 Å². The van der Waals surface area contributed by atoms with Crippen molar-refractivity contribution in [3.05, 3.63) is 29.3 Å². The van der Waals surface area contributed by atoms with E-state index in [1.54, 1.807) is 4.90 Å². The highest BCUT2D eigenvalue weighted by atomic mass is 32.2. The van der Waals surface area contributed by atoms with Crippen molar-refractivity contribution >= 4 is 45.8 Å². The van der Waals surface area contributed by atoms with E-state index < -0.39 is 0 Å². The quantitative estimate of drug-likeness (QED) is 0.839. The number of thiocarbonyl (C=S) groups is 1. The van der Waals surface area contributed by atoms with E-state index in [1.165, 1.54) is 11.8 Å². The molecule has 0 saturated carbocycles. The maximum absolute atomic E-state index is 12.0. The molecule has 0 spiro atoms. The number of nitrogens with zero attached hydrogens (tertiary/aromatic N) is 1. The maximum Gasteiger partial charge on any atom is 0.241 e. The van der Waals surface area contributed by atoms with Gasteiger partial charge in [-0.2, -0.15) is 0 Å². The molecule has 2 rings (SSSR count). The molecule has 1 heterocycles. The summed E-state index contributed by atoms with van der Waals surface area (Å²) < 4.78 is 0.618. The second-order valence-electron chi connectivity index (χ2n) is 5.42. The van der Waals surface area contributed by atoms with E-state index in [1.807, 2.05) is 39.0 Å². The molecule has 1 aromatic rings. The number of carbonyl (C=O) groups excluding carboxylic acids is 2. The lowest BCUT2D eigenvalue weighted by molar-refractivity contribution is -0.126. The Hall–Kier alpha value is -1.40. The van der Waals surface area contributed by atoms with Crippen LogP contribution in [0.5, 0.6) is 0 Å². The summed E-state index contributed by atoms with van der Waals surface area (Å²) >= 11 is 6.59. The molecule has 22 heavy (non-hydrogen) atoms. The van der Waals surface area contributed by atoms with Crippen LogP contribution in [0.4, 0.5) is 5.69 Å². The Labute approximate surface area is 140 Å². The second kappa shape index (κ2) is 7.24. The van der Waals surface area contributed by atoms with E-state index in [0.29, 0.717) is 23.7 Å². The zero-order valence-corrected chi connectivity index (χ0v) is 14.6. The molecule has 1 aromatic carbocycles. The lowest BCUT2D eigenvalue weighted by Crippen LogP contribution is -2.32. The summed E-state index contributed by atoms with van der Waals surface area (Å²) in [7, 11) is 0. The fraction of sp³-hybridized carbons (Fsp3) is 0.438. The molecule has 1 N–H and O–H groups in total. The zero-order valence-electron chi connectivity index (χ0n) is 13.0. The van der Waals surface area contributed by atoms with Crippen LogP contribution >= 0.6 is 24.0 Å². The second-order valence-corrected chi connectivity index (χ2v) is 7.39. The highest BCUT2D eigenvalue weighted by molar-refractivity contribution is 8.24. The third-order valence-corrected chi connectivity index (χ3v) is 5.26. The first-order valence-electron chi connectivity index (χ1n) is 7.28. The molecule has 1 atom stereocenters. The average Bonchev–Trinajstić information content (AvgIpc) is 2.70. The van der Waals surface area contributed by atoms with E-state index >= 15 is 0 Å². The number of amides is 2. The van der Waals surface area contributed by atoms with Crippen molar-refractivity contribution in [3.63, 3.8) is 0 Å². The molecule has 1 fully saturated rings. The van der Waals surface area contributed by atoms with Gasteiger partial charge in [0.25, 0.3) is 0 Å². The minimum Gasteiger partial charge on any atom is -0.326 e. The van der Waals surface area contributed by atoms with Gasteiger partial charge in [-0.1, -0.05) is 36.1 Å². The van der Waals surface area contributed by atoms with Crippen molar-refractivity contribution in [1.82, 2.24) is 4.90 Å². The minimum atomic E-state index is -0.101. The summed E-state index contributed by atoms with van der Waals surface area (Å²) in [5.74, 6) is 0.0110. The fourth-order valence-electron chi connectivity index (χ4n) is 2.27. The predicted molar refractivity (Wildman–Crippen MR) is 95.1 cm³/mol. The van der Waals surface area contributed by atoms with E-state index in [2.05, 4.69) is 5.32 Å². The van der Waals surface area contributed by atoms with E-state index in [-0.39, 0.29) is 17.1 Å². The number of anilines is 1. The summed E-state index contributed by atoms with van der Waals surface area (Å²) in [5, 5.41) is 2.83. The first-order valence-corrected chi connectivity index (χ1v) is 8.57. The van der Waals surface area contributed by atoms with Gasteiger partial charge >= 0.3 is 0 Å². The van der Waals surface area contributed by atoms with Gasteiger partial charge in [0.15, 0.2) is 0 Å². The maximum atomic E-state index is 12.0. The Morgan fingerprint density at radius 1 is 1.41 bits per heavy atom. The molecule has 1 saturated heterocycles. The standard InChI is InChI=1S/C16H20N2O2S2/c1-10-6-4-7-13(11(10)2)17-14(19)8-5-9-18-15(20)12(3)22-16(18)21/h4,6-7,12H,5,8-9H2,1-3H3,(H,17,19). The largest absolute Gasteiger partial charge is 0.326 e. The minimum absolute atomic E-state index is 0.0352. The number of rotatable bonds is 5. The van der Waals surface area contributed by atoms with Gasteiger partial charge in [0.1, 0.15) is 4.32 Å². The third-order valence-electron chi connectivity index (χ3n) is 3.78. The molecule has 1 aliphatic heterocycles. The van der Waals surface area contributed by atoms with Gasteiger partial charge in [-0.3, -0.25) is 14.5 Å². The van der Waals surface area contributed by atoms with Crippen LogP contribution in [0.1, 0.15) is 30.9 Å². The molecule has 6 heteroatoms. The van der Waals surface area contributed by atoms with Gasteiger partial charge in [0.05, 0.1) is 5.25 Å². The highest BCUT2D eigenvalue weighted by Crippen LogP contribution is 2.27. The molecular formula is C16H20N2O2S2. The van der Waals surface area contributed by atoms with Crippen molar-refractivity contribution in [2.45, 2.75) is 38.9 Å². The Balaban J connectivity index is 1.82. The van der Waals surface area contributed by atoms with Crippen molar-refractivity contribution in [2.24, 2.45) is 0 Å². The average molecular weight is 336 g/mol. The number of hydrogen-bond acceptors (Lipinski definition) is 4. The lowest BCUT2D eigenvalue weighted by Gasteiger charge is -2.15. The highest BCUT2D eigenvalue weighted by Gasteiger charge is 2.33. The zero-order chi connectivity index (χ0) is 16.3. The molecule has 0 bridgehead atoms. The number of hydrogen-bond donors (Lipinski definition) is 1. The van der Waals surface area contributed by atoms with Crippen molar-refractivity contribution in [2.75, 3.05) is 11.9 Å². The van der Waals surface area contributed by atoms with Gasteiger partial charge in [-0.05, 0) is 44.4 Å². The first-order chi connectivity index (χ1) is 10.4. The van der Waals surface area contributed by atoms with Crippen LogP contribution in [0.15, 0.2) is 18.2 Å². The van der Waals surface area contributed by atoms with Crippen molar-refractivity contribution < 1.29 is 9.59 Å². The normalized spacial score (nSPS) is 18.0. The van der Waals surface area contributed by atoms with Crippen LogP contribution in [0, 0.1) is 13.8 Å². The molecular weight excluding hydrogens is 316 g/mol. The predicted octanol–water partition coefficient (Wildman–Crippen LogP) is 3.27. The molecule has 0 aromatic heterocycles. The smallest absolute Gasteiger partial charge is 0.241 e. The van der Waals surface area contributed by atoms with Gasteiger partial charge in [0.2, 0.25) is 11.8 Å². The summed E-state index contributed by atoms with van der Waals surface area (Å²) in [6.07, 6.45) is 0.981. The summed E-state index contributed by atoms with van der Waals surface area (Å²) in [4.78, 5) is 25.5. The fourth-order valence-corrected chi connectivity index (χ4v) is 3.73. The van der Waals surface area contributed by atoms with Crippen LogP contribution in [0.2, 0.25) is 0 Å². The van der Waals surface area contributed by atoms with Gasteiger partial charge in [-0.15, -0.1) is 0 Å².